The number of benzene rings is 1. The van der Waals surface area contributed by atoms with Crippen molar-refractivity contribution in [3.05, 3.63) is 53.6 Å². The number of fused-ring (bicyclic) bond motifs is 1. The van der Waals surface area contributed by atoms with Gasteiger partial charge in [-0.2, -0.15) is 0 Å². The van der Waals surface area contributed by atoms with Crippen LogP contribution in [0.15, 0.2) is 36.7 Å². The van der Waals surface area contributed by atoms with Crippen LogP contribution < -0.4 is 0 Å². The largest absolute Gasteiger partial charge is 0.391 e. The molecule has 0 spiro atoms. The molecule has 7 nitrogen and oxygen atoms in total. The Morgan fingerprint density at radius 3 is 2.62 bits per heavy atom. The number of piperidine rings is 1. The number of hydrogen-bond donors (Lipinski definition) is 1. The number of aliphatic hydroxyl groups excluding tert-OH is 1. The number of aromatic nitrogens is 2. The molecule has 154 valence electrons. The molecule has 7 heteroatoms. The molecule has 0 aliphatic carbocycles. The number of carbonyl (C=O) groups excluding carboxylic acids is 2. The molecule has 0 radical (unpaired) electrons. The van der Waals surface area contributed by atoms with E-state index in [9.17, 15) is 14.7 Å². The lowest BCUT2D eigenvalue weighted by molar-refractivity contribution is -0.140. The van der Waals surface area contributed by atoms with Gasteiger partial charge in [0.15, 0.2) is 6.04 Å². The summed E-state index contributed by atoms with van der Waals surface area (Å²) in [6.45, 7) is 5.46. The standard InChI is InChI=1S/C22H28N4O3/c1-15(2)26-14-23-18-10-12-25(21(28)16-7-4-3-5-8-16)20(19(18)26)22(29)24-11-6-9-17(27)13-24/h3-5,7-8,14-15,17,20,27H,6,9-13H2,1-2H3/t17-,20-/m1/s1. The second-order valence-electron chi connectivity index (χ2n) is 8.17. The Labute approximate surface area is 170 Å². The van der Waals surface area contributed by atoms with Crippen LogP contribution in [-0.2, 0) is 11.2 Å². The van der Waals surface area contributed by atoms with Gasteiger partial charge in [-0.3, -0.25) is 9.59 Å². The maximum absolute atomic E-state index is 13.7. The molecule has 0 unspecified atom stereocenters. The van der Waals surface area contributed by atoms with Crippen molar-refractivity contribution in [3.63, 3.8) is 0 Å². The Balaban J connectivity index is 1.75. The Hall–Kier alpha value is -2.67. The monoisotopic (exact) mass is 396 g/mol. The molecule has 2 aliphatic rings. The Bertz CT molecular complexity index is 893. The topological polar surface area (TPSA) is 78.7 Å². The van der Waals surface area contributed by atoms with Gasteiger partial charge in [0, 0.05) is 37.7 Å². The van der Waals surface area contributed by atoms with Gasteiger partial charge in [-0.15, -0.1) is 0 Å². The predicted octanol–water partition coefficient (Wildman–Crippen LogP) is 2.19. The SMILES string of the molecule is CC(C)n1cnc2c1[C@H](C(=O)N1CCC[C@@H](O)C1)N(C(=O)c1ccccc1)CC2. The number of likely N-dealkylation sites (tertiary alicyclic amines) is 1. The van der Waals surface area contributed by atoms with Crippen LogP contribution in [0.2, 0.25) is 0 Å². The molecule has 1 N–H and O–H groups in total. The van der Waals surface area contributed by atoms with Crippen molar-refractivity contribution in [1.82, 2.24) is 19.4 Å². The van der Waals surface area contributed by atoms with Gasteiger partial charge in [0.2, 0.25) is 0 Å². The second kappa shape index (κ2) is 7.99. The summed E-state index contributed by atoms with van der Waals surface area (Å²) in [5, 5.41) is 10.1. The van der Waals surface area contributed by atoms with E-state index >= 15 is 0 Å². The first-order valence-corrected chi connectivity index (χ1v) is 10.4. The number of rotatable bonds is 3. The van der Waals surface area contributed by atoms with Crippen molar-refractivity contribution in [1.29, 1.82) is 0 Å². The van der Waals surface area contributed by atoms with Crippen molar-refractivity contribution in [2.75, 3.05) is 19.6 Å². The molecule has 1 fully saturated rings. The first-order chi connectivity index (χ1) is 14.0. The number of aliphatic hydroxyl groups is 1. The molecule has 3 heterocycles. The van der Waals surface area contributed by atoms with Crippen molar-refractivity contribution in [2.45, 2.75) is 51.3 Å². The maximum atomic E-state index is 13.7. The van der Waals surface area contributed by atoms with Crippen LogP contribution in [0.25, 0.3) is 0 Å². The highest BCUT2D eigenvalue weighted by atomic mass is 16.3. The van der Waals surface area contributed by atoms with Crippen LogP contribution in [0.1, 0.15) is 60.5 Å². The zero-order chi connectivity index (χ0) is 20.5. The molecule has 2 aliphatic heterocycles. The smallest absolute Gasteiger partial charge is 0.254 e. The molecule has 29 heavy (non-hydrogen) atoms. The van der Waals surface area contributed by atoms with E-state index < -0.39 is 12.1 Å². The Kier molecular flexibility index (Phi) is 5.41. The van der Waals surface area contributed by atoms with Gasteiger partial charge in [-0.25, -0.2) is 4.98 Å². The highest BCUT2D eigenvalue weighted by Gasteiger charge is 2.42. The minimum atomic E-state index is -0.721. The molecule has 1 aromatic carbocycles. The molecule has 1 saturated heterocycles. The number of imidazole rings is 1. The predicted molar refractivity (Wildman–Crippen MR) is 108 cm³/mol. The summed E-state index contributed by atoms with van der Waals surface area (Å²) in [5.74, 6) is -0.278. The fourth-order valence-electron chi connectivity index (χ4n) is 4.36. The number of β-amino-alcohol motifs (C(OH)–C–C–N with tert-alkyl or cyclic N) is 1. The van der Waals surface area contributed by atoms with E-state index in [2.05, 4.69) is 4.98 Å². The highest BCUT2D eigenvalue weighted by Crippen LogP contribution is 2.34. The molecule has 0 saturated carbocycles. The van der Waals surface area contributed by atoms with Crippen LogP contribution in [0, 0.1) is 0 Å². The summed E-state index contributed by atoms with van der Waals surface area (Å²) in [4.78, 5) is 34.9. The van der Waals surface area contributed by atoms with Gasteiger partial charge in [0.1, 0.15) is 0 Å². The number of amides is 2. The molecule has 1 aromatic heterocycles. The summed E-state index contributed by atoms with van der Waals surface area (Å²) in [5.41, 5.74) is 2.26. The van der Waals surface area contributed by atoms with Gasteiger partial charge >= 0.3 is 0 Å². The number of carbonyl (C=O) groups is 2. The average Bonchev–Trinajstić information content (AvgIpc) is 3.17. The summed E-state index contributed by atoms with van der Waals surface area (Å²) in [7, 11) is 0. The van der Waals surface area contributed by atoms with Crippen molar-refractivity contribution in [3.8, 4) is 0 Å². The summed E-state index contributed by atoms with van der Waals surface area (Å²) >= 11 is 0. The van der Waals surface area contributed by atoms with Crippen LogP contribution in [0.4, 0.5) is 0 Å². The van der Waals surface area contributed by atoms with E-state index in [-0.39, 0.29) is 17.9 Å². The number of nitrogens with zero attached hydrogens (tertiary/aromatic N) is 4. The van der Waals surface area contributed by atoms with E-state index in [0.29, 0.717) is 38.0 Å². The first kappa shape index (κ1) is 19.6. The van der Waals surface area contributed by atoms with E-state index in [1.165, 1.54) is 0 Å². The molecular weight excluding hydrogens is 368 g/mol. The van der Waals surface area contributed by atoms with E-state index in [0.717, 1.165) is 17.8 Å². The van der Waals surface area contributed by atoms with E-state index in [1.807, 2.05) is 36.6 Å². The van der Waals surface area contributed by atoms with Crippen LogP contribution in [0.5, 0.6) is 0 Å². The molecule has 2 amide bonds. The van der Waals surface area contributed by atoms with Gasteiger partial charge in [-0.05, 0) is 38.8 Å². The number of hydrogen-bond acceptors (Lipinski definition) is 4. The summed E-state index contributed by atoms with van der Waals surface area (Å²) in [6, 6.07) is 8.50. The Morgan fingerprint density at radius 2 is 1.93 bits per heavy atom. The fraction of sp³-hybridized carbons (Fsp3) is 0.500. The molecular formula is C22H28N4O3. The van der Waals surface area contributed by atoms with Gasteiger partial charge < -0.3 is 19.5 Å². The third-order valence-corrected chi connectivity index (χ3v) is 5.85. The lowest BCUT2D eigenvalue weighted by Gasteiger charge is -2.40. The molecule has 4 rings (SSSR count). The summed E-state index contributed by atoms with van der Waals surface area (Å²) in [6.07, 6.45) is 3.36. The third kappa shape index (κ3) is 3.67. The minimum absolute atomic E-state index is 0.125. The van der Waals surface area contributed by atoms with Gasteiger partial charge in [0.05, 0.1) is 23.8 Å². The normalized spacial score (nSPS) is 21.9. The van der Waals surface area contributed by atoms with Gasteiger partial charge in [0.25, 0.3) is 11.8 Å². The summed E-state index contributed by atoms with van der Waals surface area (Å²) < 4.78 is 2.00. The third-order valence-electron chi connectivity index (χ3n) is 5.85. The van der Waals surface area contributed by atoms with Crippen LogP contribution in [-0.4, -0.2) is 62.0 Å². The van der Waals surface area contributed by atoms with Crippen LogP contribution >= 0.6 is 0 Å². The first-order valence-electron chi connectivity index (χ1n) is 10.4. The maximum Gasteiger partial charge on any atom is 0.254 e. The fourth-order valence-corrected chi connectivity index (χ4v) is 4.36. The van der Waals surface area contributed by atoms with E-state index in [4.69, 9.17) is 0 Å². The van der Waals surface area contributed by atoms with E-state index in [1.54, 1.807) is 28.3 Å². The lowest BCUT2D eigenvalue weighted by Crippen LogP contribution is -2.52. The van der Waals surface area contributed by atoms with Crippen LogP contribution in [0.3, 0.4) is 0 Å². The highest BCUT2D eigenvalue weighted by molar-refractivity contribution is 5.98. The average molecular weight is 396 g/mol. The zero-order valence-corrected chi connectivity index (χ0v) is 17.0. The Morgan fingerprint density at radius 1 is 1.17 bits per heavy atom. The van der Waals surface area contributed by atoms with Crippen molar-refractivity contribution >= 4 is 11.8 Å². The molecule has 2 aromatic rings. The second-order valence-corrected chi connectivity index (χ2v) is 8.17. The lowest BCUT2D eigenvalue weighted by atomic mass is 9.97. The van der Waals surface area contributed by atoms with Crippen molar-refractivity contribution in [2.24, 2.45) is 0 Å². The molecule has 0 bridgehead atoms. The minimum Gasteiger partial charge on any atom is -0.391 e. The van der Waals surface area contributed by atoms with Gasteiger partial charge in [-0.1, -0.05) is 18.2 Å². The van der Waals surface area contributed by atoms with Crippen molar-refractivity contribution < 1.29 is 14.7 Å². The zero-order valence-electron chi connectivity index (χ0n) is 17.0. The quantitative estimate of drug-likeness (QED) is 0.863. The molecule has 2 atom stereocenters.